The number of aryl methyl sites for hydroxylation is 2. The van der Waals surface area contributed by atoms with Gasteiger partial charge in [-0.15, -0.1) is 0 Å². The van der Waals surface area contributed by atoms with Gasteiger partial charge in [0.2, 0.25) is 5.82 Å². The Bertz CT molecular complexity index is 1170. The molecule has 0 aliphatic rings. The maximum absolute atomic E-state index is 12.0. The van der Waals surface area contributed by atoms with Crippen molar-refractivity contribution >= 4 is 11.0 Å². The van der Waals surface area contributed by atoms with Gasteiger partial charge >= 0.3 is 0 Å². The Morgan fingerprint density at radius 2 is 1.89 bits per heavy atom. The zero-order valence-corrected chi connectivity index (χ0v) is 15.2. The van der Waals surface area contributed by atoms with Crippen LogP contribution in [0.3, 0.4) is 0 Å². The zero-order chi connectivity index (χ0) is 19.0. The Hall–Kier alpha value is -3.48. The molecule has 136 valence electrons. The molecule has 2 aromatic heterocycles. The van der Waals surface area contributed by atoms with Gasteiger partial charge in [0, 0.05) is 12.6 Å². The second-order valence-electron chi connectivity index (χ2n) is 6.29. The van der Waals surface area contributed by atoms with Crippen molar-refractivity contribution < 1.29 is 9.26 Å². The Kier molecular flexibility index (Phi) is 4.19. The number of ether oxygens (including phenoxy) is 1. The summed E-state index contributed by atoms with van der Waals surface area (Å²) in [5, 5.41) is 4.06. The van der Waals surface area contributed by atoms with Gasteiger partial charge in [0.05, 0.1) is 11.0 Å². The number of rotatable bonds is 4. The predicted molar refractivity (Wildman–Crippen MR) is 100 cm³/mol. The molecule has 4 aromatic rings. The minimum absolute atomic E-state index is 0.107. The Morgan fingerprint density at radius 3 is 2.67 bits per heavy atom. The first kappa shape index (κ1) is 17.0. The fourth-order valence-electron chi connectivity index (χ4n) is 2.89. The van der Waals surface area contributed by atoms with Crippen molar-refractivity contribution in [1.82, 2.24) is 19.7 Å². The van der Waals surface area contributed by atoms with Crippen LogP contribution in [-0.4, -0.2) is 19.7 Å². The molecule has 2 heterocycles. The highest BCUT2D eigenvalue weighted by Gasteiger charge is 2.17. The maximum Gasteiger partial charge on any atom is 0.272 e. The smallest absolute Gasteiger partial charge is 0.272 e. The van der Waals surface area contributed by atoms with Crippen molar-refractivity contribution in [1.29, 1.82) is 0 Å². The van der Waals surface area contributed by atoms with Crippen LogP contribution in [0, 0.1) is 6.92 Å². The summed E-state index contributed by atoms with van der Waals surface area (Å²) in [5.74, 6) is 1.57. The average molecular weight is 362 g/mol. The normalized spacial score (nSPS) is 12.3. The van der Waals surface area contributed by atoms with Crippen LogP contribution in [0.2, 0.25) is 0 Å². The molecule has 0 aliphatic carbocycles. The molecular formula is C20H18N4O3. The molecule has 0 radical (unpaired) electrons. The van der Waals surface area contributed by atoms with Gasteiger partial charge in [0.25, 0.3) is 11.4 Å². The molecule has 0 unspecified atom stereocenters. The number of fused-ring (bicyclic) bond motifs is 1. The first-order chi connectivity index (χ1) is 13.0. The fraction of sp³-hybridized carbons (Fsp3) is 0.200. The Balaban J connectivity index is 1.65. The molecule has 0 bridgehead atoms. The second-order valence-corrected chi connectivity index (χ2v) is 6.29. The molecule has 0 amide bonds. The standard InChI is InChI=1S/C20H18N4O3/c1-12-20(25)24(3)17-10-9-14(11-16(17)21-12)18-22-19(27-23-18)13(2)26-15-7-5-4-6-8-15/h4-11,13H,1-3H3/t13-/m0/s1. The van der Waals surface area contributed by atoms with Gasteiger partial charge < -0.3 is 13.8 Å². The lowest BCUT2D eigenvalue weighted by Gasteiger charge is -2.09. The summed E-state index contributed by atoms with van der Waals surface area (Å²) in [5.41, 5.74) is 2.55. The van der Waals surface area contributed by atoms with Crippen LogP contribution in [0.25, 0.3) is 22.4 Å². The average Bonchev–Trinajstić information content (AvgIpc) is 3.17. The topological polar surface area (TPSA) is 83.0 Å². The van der Waals surface area contributed by atoms with Gasteiger partial charge in [-0.05, 0) is 44.2 Å². The molecule has 0 saturated heterocycles. The van der Waals surface area contributed by atoms with Crippen molar-refractivity contribution in [2.45, 2.75) is 20.0 Å². The highest BCUT2D eigenvalue weighted by atomic mass is 16.5. The molecular weight excluding hydrogens is 344 g/mol. The van der Waals surface area contributed by atoms with E-state index in [1.807, 2.05) is 55.5 Å². The molecule has 0 N–H and O–H groups in total. The molecule has 0 aliphatic heterocycles. The number of nitrogens with zero attached hydrogens (tertiary/aromatic N) is 4. The minimum atomic E-state index is -0.379. The van der Waals surface area contributed by atoms with E-state index in [2.05, 4.69) is 15.1 Å². The summed E-state index contributed by atoms with van der Waals surface area (Å²) in [4.78, 5) is 20.8. The number of hydrogen-bond acceptors (Lipinski definition) is 6. The fourth-order valence-corrected chi connectivity index (χ4v) is 2.89. The second kappa shape index (κ2) is 6.68. The molecule has 7 heteroatoms. The van der Waals surface area contributed by atoms with Crippen LogP contribution in [-0.2, 0) is 7.05 Å². The maximum atomic E-state index is 12.0. The van der Waals surface area contributed by atoms with Crippen LogP contribution in [0.4, 0.5) is 0 Å². The third-order valence-corrected chi connectivity index (χ3v) is 4.34. The van der Waals surface area contributed by atoms with Crippen molar-refractivity contribution in [2.75, 3.05) is 0 Å². The monoisotopic (exact) mass is 362 g/mol. The molecule has 7 nitrogen and oxygen atoms in total. The highest BCUT2D eigenvalue weighted by Crippen LogP contribution is 2.24. The lowest BCUT2D eigenvalue weighted by atomic mass is 10.1. The van der Waals surface area contributed by atoms with E-state index >= 15 is 0 Å². The molecule has 0 saturated carbocycles. The first-order valence-electron chi connectivity index (χ1n) is 8.56. The predicted octanol–water partition coefficient (Wildman–Crippen LogP) is 3.43. The quantitative estimate of drug-likeness (QED) is 0.553. The van der Waals surface area contributed by atoms with E-state index in [0.29, 0.717) is 22.9 Å². The summed E-state index contributed by atoms with van der Waals surface area (Å²) >= 11 is 0. The molecule has 0 fully saturated rings. The van der Waals surface area contributed by atoms with Crippen LogP contribution >= 0.6 is 0 Å². The lowest BCUT2D eigenvalue weighted by Crippen LogP contribution is -2.21. The van der Waals surface area contributed by atoms with E-state index in [1.54, 1.807) is 18.5 Å². The van der Waals surface area contributed by atoms with E-state index in [1.165, 1.54) is 0 Å². The molecule has 1 atom stereocenters. The van der Waals surface area contributed by atoms with Crippen LogP contribution in [0.5, 0.6) is 5.75 Å². The lowest BCUT2D eigenvalue weighted by molar-refractivity contribution is 0.176. The summed E-state index contributed by atoms with van der Waals surface area (Å²) < 4.78 is 12.8. The summed E-state index contributed by atoms with van der Waals surface area (Å²) in [7, 11) is 1.73. The first-order valence-corrected chi connectivity index (χ1v) is 8.56. The third-order valence-electron chi connectivity index (χ3n) is 4.34. The number of aromatic nitrogens is 4. The summed E-state index contributed by atoms with van der Waals surface area (Å²) in [6, 6.07) is 15.0. The van der Waals surface area contributed by atoms with Crippen LogP contribution < -0.4 is 10.3 Å². The number of benzene rings is 2. The Labute approximate surface area is 155 Å². The van der Waals surface area contributed by atoms with Gasteiger partial charge in [-0.1, -0.05) is 23.4 Å². The Morgan fingerprint density at radius 1 is 1.11 bits per heavy atom. The van der Waals surface area contributed by atoms with E-state index in [0.717, 1.165) is 16.8 Å². The minimum Gasteiger partial charge on any atom is -0.481 e. The van der Waals surface area contributed by atoms with Crippen LogP contribution in [0.1, 0.15) is 24.6 Å². The van der Waals surface area contributed by atoms with Crippen molar-refractivity contribution in [3.05, 3.63) is 70.5 Å². The summed E-state index contributed by atoms with van der Waals surface area (Å²) in [6.07, 6.45) is -0.379. The largest absolute Gasteiger partial charge is 0.481 e. The van der Waals surface area contributed by atoms with Crippen molar-refractivity contribution in [2.24, 2.45) is 7.05 Å². The van der Waals surface area contributed by atoms with E-state index in [4.69, 9.17) is 9.26 Å². The number of hydrogen-bond donors (Lipinski definition) is 0. The van der Waals surface area contributed by atoms with E-state index < -0.39 is 0 Å². The molecule has 0 spiro atoms. The van der Waals surface area contributed by atoms with Crippen molar-refractivity contribution in [3.63, 3.8) is 0 Å². The SMILES string of the molecule is Cc1nc2cc(-c3noc([C@H](C)Oc4ccccc4)n3)ccc2n(C)c1=O. The summed E-state index contributed by atoms with van der Waals surface area (Å²) in [6.45, 7) is 3.55. The molecule has 27 heavy (non-hydrogen) atoms. The van der Waals surface area contributed by atoms with Gasteiger partial charge in [-0.3, -0.25) is 4.79 Å². The zero-order valence-electron chi connectivity index (χ0n) is 15.2. The van der Waals surface area contributed by atoms with Gasteiger partial charge in [-0.2, -0.15) is 4.98 Å². The third kappa shape index (κ3) is 3.19. The number of para-hydroxylation sites is 1. The van der Waals surface area contributed by atoms with Crippen molar-refractivity contribution in [3.8, 4) is 17.1 Å². The highest BCUT2D eigenvalue weighted by molar-refractivity contribution is 5.80. The van der Waals surface area contributed by atoms with Crippen LogP contribution in [0.15, 0.2) is 57.8 Å². The van der Waals surface area contributed by atoms with Gasteiger partial charge in [0.15, 0.2) is 6.10 Å². The van der Waals surface area contributed by atoms with Gasteiger partial charge in [-0.25, -0.2) is 4.98 Å². The van der Waals surface area contributed by atoms with E-state index in [9.17, 15) is 4.79 Å². The molecule has 2 aromatic carbocycles. The molecule has 4 rings (SSSR count). The van der Waals surface area contributed by atoms with Gasteiger partial charge in [0.1, 0.15) is 11.4 Å². The van der Waals surface area contributed by atoms with E-state index in [-0.39, 0.29) is 11.7 Å².